The first kappa shape index (κ1) is 38.9. The molecule has 1 aliphatic heterocycles. The minimum absolute atomic E-state index is 0.0285. The van der Waals surface area contributed by atoms with Crippen LogP contribution in [0, 0.1) is 0 Å². The number of carboxylic acids is 3. The summed E-state index contributed by atoms with van der Waals surface area (Å²) in [6, 6.07) is 0. The fourth-order valence-electron chi connectivity index (χ4n) is 4.17. The van der Waals surface area contributed by atoms with E-state index in [1.165, 1.54) is 0 Å². The molecule has 0 aliphatic carbocycles. The SMILES string of the molecule is CC(C)(C)OC(=O)NCCOCCOCCNC(=O)CN1CCN(CC(=O)O)CCN(CC(=O)O)CCN(CC(=O)O)CC1. The van der Waals surface area contributed by atoms with Crippen LogP contribution in [0.4, 0.5) is 4.79 Å². The number of carbonyl (C=O) groups excluding carboxylic acids is 2. The van der Waals surface area contributed by atoms with Crippen molar-refractivity contribution in [3.8, 4) is 0 Å². The molecule has 0 atom stereocenters. The van der Waals surface area contributed by atoms with E-state index < -0.39 is 29.6 Å². The van der Waals surface area contributed by atoms with Crippen molar-refractivity contribution in [3.63, 3.8) is 0 Å². The highest BCUT2D eigenvalue weighted by Gasteiger charge is 2.21. The summed E-state index contributed by atoms with van der Waals surface area (Å²) in [4.78, 5) is 65.2. The lowest BCUT2D eigenvalue weighted by atomic mass is 10.2. The first-order chi connectivity index (χ1) is 20.7. The van der Waals surface area contributed by atoms with E-state index in [1.807, 2.05) is 4.90 Å². The van der Waals surface area contributed by atoms with Gasteiger partial charge in [0.1, 0.15) is 5.60 Å². The molecule has 0 bridgehead atoms. The summed E-state index contributed by atoms with van der Waals surface area (Å²) in [6.07, 6.45) is -0.514. The number of rotatable bonds is 17. The Labute approximate surface area is 258 Å². The van der Waals surface area contributed by atoms with Gasteiger partial charge in [-0.15, -0.1) is 0 Å². The number of carbonyl (C=O) groups is 5. The van der Waals surface area contributed by atoms with E-state index >= 15 is 0 Å². The van der Waals surface area contributed by atoms with Gasteiger partial charge in [-0.3, -0.25) is 38.8 Å². The largest absolute Gasteiger partial charge is 0.480 e. The van der Waals surface area contributed by atoms with Crippen LogP contribution in [0.5, 0.6) is 0 Å². The van der Waals surface area contributed by atoms with E-state index in [9.17, 15) is 39.3 Å². The molecule has 17 nitrogen and oxygen atoms in total. The van der Waals surface area contributed by atoms with Crippen molar-refractivity contribution in [2.45, 2.75) is 26.4 Å². The van der Waals surface area contributed by atoms with Crippen LogP contribution in [0.25, 0.3) is 0 Å². The molecule has 1 saturated heterocycles. The van der Waals surface area contributed by atoms with E-state index in [-0.39, 0.29) is 45.2 Å². The fourth-order valence-corrected chi connectivity index (χ4v) is 4.17. The quantitative estimate of drug-likeness (QED) is 0.111. The summed E-state index contributed by atoms with van der Waals surface area (Å²) >= 11 is 0. The van der Waals surface area contributed by atoms with Crippen molar-refractivity contribution < 1.29 is 53.5 Å². The van der Waals surface area contributed by atoms with E-state index in [2.05, 4.69) is 10.6 Å². The molecule has 5 N–H and O–H groups in total. The van der Waals surface area contributed by atoms with Gasteiger partial charge in [-0.25, -0.2) is 4.79 Å². The van der Waals surface area contributed by atoms with E-state index in [0.29, 0.717) is 78.7 Å². The van der Waals surface area contributed by atoms with Crippen molar-refractivity contribution in [3.05, 3.63) is 0 Å². The maximum Gasteiger partial charge on any atom is 0.407 e. The fraction of sp³-hybridized carbons (Fsp3) is 0.815. The minimum Gasteiger partial charge on any atom is -0.480 e. The van der Waals surface area contributed by atoms with E-state index in [1.54, 1.807) is 35.5 Å². The number of hydrogen-bond acceptors (Lipinski definition) is 12. The molecule has 254 valence electrons. The van der Waals surface area contributed by atoms with Crippen LogP contribution >= 0.6 is 0 Å². The van der Waals surface area contributed by atoms with Gasteiger partial charge in [0, 0.05) is 65.4 Å². The Bertz CT molecular complexity index is 870. The molecule has 1 aliphatic rings. The maximum absolute atomic E-state index is 12.6. The molecule has 1 heterocycles. The number of carboxylic acid groups (broad SMARTS) is 3. The topological polar surface area (TPSA) is 211 Å². The summed E-state index contributed by atoms with van der Waals surface area (Å²) in [6.45, 7) is 8.98. The zero-order valence-corrected chi connectivity index (χ0v) is 26.1. The molecule has 0 aromatic heterocycles. The molecule has 2 amide bonds. The molecule has 17 heteroatoms. The smallest absolute Gasteiger partial charge is 0.407 e. The first-order valence-corrected chi connectivity index (χ1v) is 14.7. The molecule has 0 saturated carbocycles. The summed E-state index contributed by atoms with van der Waals surface area (Å²) in [5, 5.41) is 33.3. The Kier molecular flexibility index (Phi) is 19.1. The average Bonchev–Trinajstić information content (AvgIpc) is 2.89. The monoisotopic (exact) mass is 634 g/mol. The molecule has 44 heavy (non-hydrogen) atoms. The molecule has 0 unspecified atom stereocenters. The lowest BCUT2D eigenvalue weighted by Crippen LogP contribution is -2.50. The number of alkyl carbamates (subject to hydrolysis) is 1. The number of amides is 2. The third-order valence-electron chi connectivity index (χ3n) is 6.23. The van der Waals surface area contributed by atoms with Gasteiger partial charge in [-0.05, 0) is 20.8 Å². The van der Waals surface area contributed by atoms with Gasteiger partial charge in [0.2, 0.25) is 5.91 Å². The number of aliphatic carboxylic acids is 3. The van der Waals surface area contributed by atoms with Crippen LogP contribution < -0.4 is 10.6 Å². The van der Waals surface area contributed by atoms with Crippen molar-refractivity contribution in [2.75, 3.05) is 118 Å². The van der Waals surface area contributed by atoms with Crippen LogP contribution in [-0.2, 0) is 33.4 Å². The number of nitrogens with zero attached hydrogens (tertiary/aromatic N) is 4. The van der Waals surface area contributed by atoms with Crippen molar-refractivity contribution in [1.82, 2.24) is 30.2 Å². The Balaban J connectivity index is 2.49. The second-order valence-electron chi connectivity index (χ2n) is 11.3. The predicted molar refractivity (Wildman–Crippen MR) is 158 cm³/mol. The first-order valence-electron chi connectivity index (χ1n) is 14.7. The summed E-state index contributed by atoms with van der Waals surface area (Å²) in [5.41, 5.74) is -0.570. The third-order valence-corrected chi connectivity index (χ3v) is 6.23. The lowest BCUT2D eigenvalue weighted by Gasteiger charge is -2.32. The standard InChI is InChI=1S/C27H50N6O11/c1-27(2,3)44-26(41)29-5-15-43-17-16-42-14-4-28-22(34)18-30-6-8-31(19-23(35)36)10-12-33(21-25(39)40)13-11-32(9-7-30)20-24(37)38/h4-21H2,1-3H3,(H,28,34)(H,29,41)(H,35,36)(H,37,38)(H,39,40). The zero-order chi connectivity index (χ0) is 33.0. The second kappa shape index (κ2) is 21.6. The minimum atomic E-state index is -1.02. The highest BCUT2D eigenvalue weighted by molar-refractivity contribution is 5.78. The molecule has 1 rings (SSSR count). The lowest BCUT2D eigenvalue weighted by molar-refractivity contribution is -0.140. The average molecular weight is 635 g/mol. The van der Waals surface area contributed by atoms with Gasteiger partial charge < -0.3 is 40.2 Å². The normalized spacial score (nSPS) is 16.8. The van der Waals surface area contributed by atoms with Gasteiger partial charge in [-0.2, -0.15) is 0 Å². The van der Waals surface area contributed by atoms with Crippen LogP contribution in [-0.4, -0.2) is 188 Å². The third kappa shape index (κ3) is 21.6. The zero-order valence-electron chi connectivity index (χ0n) is 26.1. The molecule has 1 fully saturated rings. The van der Waals surface area contributed by atoms with Gasteiger partial charge in [-0.1, -0.05) is 0 Å². The van der Waals surface area contributed by atoms with Crippen molar-refractivity contribution in [1.29, 1.82) is 0 Å². The number of hydrogen-bond donors (Lipinski definition) is 5. The molecule has 0 spiro atoms. The molecule has 0 aromatic carbocycles. The Hall–Kier alpha value is -3.09. The summed E-state index contributed by atoms with van der Waals surface area (Å²) in [7, 11) is 0. The van der Waals surface area contributed by atoms with Crippen molar-refractivity contribution >= 4 is 29.9 Å². The van der Waals surface area contributed by atoms with Crippen LogP contribution in [0.2, 0.25) is 0 Å². The van der Waals surface area contributed by atoms with Crippen LogP contribution in [0.15, 0.2) is 0 Å². The Morgan fingerprint density at radius 1 is 0.568 bits per heavy atom. The molecule has 0 aromatic rings. The Morgan fingerprint density at radius 3 is 1.25 bits per heavy atom. The Morgan fingerprint density at radius 2 is 0.909 bits per heavy atom. The molecular formula is C27H50N6O11. The van der Waals surface area contributed by atoms with Crippen LogP contribution in [0.1, 0.15) is 20.8 Å². The number of ether oxygens (including phenoxy) is 3. The molecule has 0 radical (unpaired) electrons. The highest BCUT2D eigenvalue weighted by Crippen LogP contribution is 2.06. The highest BCUT2D eigenvalue weighted by atomic mass is 16.6. The van der Waals surface area contributed by atoms with Gasteiger partial charge in [0.05, 0.1) is 52.6 Å². The van der Waals surface area contributed by atoms with Gasteiger partial charge in [0.25, 0.3) is 0 Å². The number of nitrogens with one attached hydrogen (secondary N) is 2. The predicted octanol–water partition coefficient (Wildman–Crippen LogP) is -1.86. The van der Waals surface area contributed by atoms with Gasteiger partial charge >= 0.3 is 24.0 Å². The van der Waals surface area contributed by atoms with Crippen LogP contribution in [0.3, 0.4) is 0 Å². The molecular weight excluding hydrogens is 584 g/mol. The second-order valence-corrected chi connectivity index (χ2v) is 11.3. The summed E-state index contributed by atoms with van der Waals surface area (Å²) in [5.74, 6) is -3.30. The van der Waals surface area contributed by atoms with Gasteiger partial charge in [0.15, 0.2) is 0 Å². The summed E-state index contributed by atoms with van der Waals surface area (Å²) < 4.78 is 16.0. The maximum atomic E-state index is 12.6. The van der Waals surface area contributed by atoms with Crippen molar-refractivity contribution in [2.24, 2.45) is 0 Å². The van der Waals surface area contributed by atoms with E-state index in [0.717, 1.165) is 0 Å². The van der Waals surface area contributed by atoms with E-state index in [4.69, 9.17) is 14.2 Å².